The summed E-state index contributed by atoms with van der Waals surface area (Å²) in [6.07, 6.45) is 6.33. The van der Waals surface area contributed by atoms with E-state index in [4.69, 9.17) is 5.73 Å². The highest BCUT2D eigenvalue weighted by atomic mass is 14.8. The fraction of sp³-hybridized carbons (Fsp3) is 0.571. The van der Waals surface area contributed by atoms with Gasteiger partial charge in [0.1, 0.15) is 0 Å². The number of benzene rings is 1. The Morgan fingerprint density at radius 1 is 1.07 bits per heavy atom. The van der Waals surface area contributed by atoms with Gasteiger partial charge in [0.25, 0.3) is 0 Å². The van der Waals surface area contributed by atoms with Gasteiger partial charge >= 0.3 is 0 Å². The predicted octanol–water partition coefficient (Wildman–Crippen LogP) is 3.45. The van der Waals surface area contributed by atoms with Crippen LogP contribution in [0.15, 0.2) is 30.3 Å². The second-order valence-electron chi connectivity index (χ2n) is 4.93. The van der Waals surface area contributed by atoms with E-state index in [9.17, 15) is 0 Å². The van der Waals surface area contributed by atoms with Gasteiger partial charge in [-0.2, -0.15) is 0 Å². The molecule has 0 bridgehead atoms. The van der Waals surface area contributed by atoms with Crippen molar-refractivity contribution >= 4 is 0 Å². The van der Waals surface area contributed by atoms with Crippen LogP contribution in [0.4, 0.5) is 0 Å². The number of nitrogens with two attached hydrogens (primary N) is 1. The molecule has 0 spiro atoms. The maximum Gasteiger partial charge on any atom is 0.0221 e. The van der Waals surface area contributed by atoms with Crippen molar-refractivity contribution in [3.8, 4) is 0 Å². The van der Waals surface area contributed by atoms with Crippen LogP contribution < -0.4 is 5.73 Å². The van der Waals surface area contributed by atoms with Crippen LogP contribution in [-0.2, 0) is 0 Å². The van der Waals surface area contributed by atoms with Crippen LogP contribution >= 0.6 is 0 Å². The summed E-state index contributed by atoms with van der Waals surface area (Å²) in [5, 5.41) is 0. The molecule has 0 aromatic heterocycles. The van der Waals surface area contributed by atoms with Crippen LogP contribution in [-0.4, -0.2) is 5.54 Å². The smallest absolute Gasteiger partial charge is 0.0221 e. The SMILES string of the molecule is C[C@@H](c1ccccc1)C1(N)CCCCC1. The van der Waals surface area contributed by atoms with E-state index in [-0.39, 0.29) is 5.54 Å². The van der Waals surface area contributed by atoms with E-state index in [1.165, 1.54) is 37.7 Å². The van der Waals surface area contributed by atoms with Crippen LogP contribution in [0.5, 0.6) is 0 Å². The van der Waals surface area contributed by atoms with Gasteiger partial charge in [-0.15, -0.1) is 0 Å². The largest absolute Gasteiger partial charge is 0.325 e. The summed E-state index contributed by atoms with van der Waals surface area (Å²) in [4.78, 5) is 0. The molecular weight excluding hydrogens is 182 g/mol. The summed E-state index contributed by atoms with van der Waals surface area (Å²) in [6, 6.07) is 10.7. The van der Waals surface area contributed by atoms with Gasteiger partial charge < -0.3 is 5.73 Å². The maximum atomic E-state index is 6.53. The molecular formula is C14H21N. The Morgan fingerprint density at radius 2 is 1.67 bits per heavy atom. The lowest BCUT2D eigenvalue weighted by Gasteiger charge is -2.39. The Kier molecular flexibility index (Phi) is 3.11. The second kappa shape index (κ2) is 4.36. The molecule has 0 heterocycles. The van der Waals surface area contributed by atoms with E-state index in [0.717, 1.165) is 0 Å². The Balaban J connectivity index is 2.16. The zero-order chi connectivity index (χ0) is 10.7. The zero-order valence-corrected chi connectivity index (χ0v) is 9.58. The molecule has 15 heavy (non-hydrogen) atoms. The second-order valence-corrected chi connectivity index (χ2v) is 4.93. The summed E-state index contributed by atoms with van der Waals surface area (Å²) in [7, 11) is 0. The molecule has 0 saturated heterocycles. The van der Waals surface area contributed by atoms with E-state index in [1.54, 1.807) is 0 Å². The van der Waals surface area contributed by atoms with E-state index in [0.29, 0.717) is 5.92 Å². The maximum absolute atomic E-state index is 6.53. The molecule has 1 atom stereocenters. The van der Waals surface area contributed by atoms with Gasteiger partial charge in [0.2, 0.25) is 0 Å². The third-order valence-electron chi connectivity index (χ3n) is 3.95. The third-order valence-corrected chi connectivity index (χ3v) is 3.95. The lowest BCUT2D eigenvalue weighted by Crippen LogP contribution is -2.46. The Bertz CT molecular complexity index is 298. The van der Waals surface area contributed by atoms with Crippen molar-refractivity contribution < 1.29 is 0 Å². The molecule has 1 aliphatic carbocycles. The Labute approximate surface area is 92.7 Å². The van der Waals surface area contributed by atoms with Crippen LogP contribution in [0.25, 0.3) is 0 Å². The lowest BCUT2D eigenvalue weighted by atomic mass is 9.72. The van der Waals surface area contributed by atoms with Crippen molar-refractivity contribution in [3.63, 3.8) is 0 Å². The third kappa shape index (κ3) is 2.23. The van der Waals surface area contributed by atoms with E-state index >= 15 is 0 Å². The molecule has 82 valence electrons. The molecule has 0 aliphatic heterocycles. The fourth-order valence-corrected chi connectivity index (χ4v) is 2.72. The normalized spacial score (nSPS) is 22.3. The first-order chi connectivity index (χ1) is 7.22. The topological polar surface area (TPSA) is 26.0 Å². The van der Waals surface area contributed by atoms with Crippen molar-refractivity contribution in [1.82, 2.24) is 0 Å². The standard InChI is InChI=1S/C14H21N/c1-12(13-8-4-2-5-9-13)14(15)10-6-3-7-11-14/h2,4-5,8-9,12H,3,6-7,10-11,15H2,1H3/t12-/m0/s1. The minimum Gasteiger partial charge on any atom is -0.325 e. The molecule has 0 unspecified atom stereocenters. The minimum atomic E-state index is 0.0413. The zero-order valence-electron chi connectivity index (χ0n) is 9.58. The Hall–Kier alpha value is -0.820. The molecule has 1 aromatic carbocycles. The monoisotopic (exact) mass is 203 g/mol. The fourth-order valence-electron chi connectivity index (χ4n) is 2.72. The highest BCUT2D eigenvalue weighted by Gasteiger charge is 2.33. The van der Waals surface area contributed by atoms with Gasteiger partial charge in [0.15, 0.2) is 0 Å². The molecule has 1 saturated carbocycles. The first kappa shape index (κ1) is 10.7. The lowest BCUT2D eigenvalue weighted by molar-refractivity contribution is 0.256. The first-order valence-corrected chi connectivity index (χ1v) is 6.06. The van der Waals surface area contributed by atoms with Gasteiger partial charge in [0, 0.05) is 5.54 Å². The quantitative estimate of drug-likeness (QED) is 0.782. The molecule has 1 aromatic rings. The molecule has 2 rings (SSSR count). The molecule has 0 amide bonds. The summed E-state index contributed by atoms with van der Waals surface area (Å²) in [6.45, 7) is 2.28. The number of hydrogen-bond donors (Lipinski definition) is 1. The van der Waals surface area contributed by atoms with Crippen LogP contribution in [0.1, 0.15) is 50.5 Å². The highest BCUT2D eigenvalue weighted by molar-refractivity contribution is 5.23. The van der Waals surface area contributed by atoms with Crippen LogP contribution in [0, 0.1) is 0 Å². The van der Waals surface area contributed by atoms with Crippen molar-refractivity contribution in [2.75, 3.05) is 0 Å². The van der Waals surface area contributed by atoms with E-state index in [1.807, 2.05) is 0 Å². The average Bonchev–Trinajstić information content (AvgIpc) is 2.30. The molecule has 2 N–H and O–H groups in total. The van der Waals surface area contributed by atoms with Gasteiger partial charge in [-0.1, -0.05) is 56.5 Å². The highest BCUT2D eigenvalue weighted by Crippen LogP contribution is 2.37. The summed E-state index contributed by atoms with van der Waals surface area (Å²) in [5.74, 6) is 0.485. The van der Waals surface area contributed by atoms with Gasteiger partial charge in [-0.05, 0) is 24.3 Å². The molecule has 1 heteroatoms. The number of rotatable bonds is 2. The van der Waals surface area contributed by atoms with Gasteiger partial charge in [-0.25, -0.2) is 0 Å². The molecule has 1 nitrogen and oxygen atoms in total. The summed E-state index contributed by atoms with van der Waals surface area (Å²) < 4.78 is 0. The van der Waals surface area contributed by atoms with Crippen molar-refractivity contribution in [3.05, 3.63) is 35.9 Å². The van der Waals surface area contributed by atoms with Gasteiger partial charge in [0.05, 0.1) is 0 Å². The van der Waals surface area contributed by atoms with Crippen molar-refractivity contribution in [2.45, 2.75) is 50.5 Å². The minimum absolute atomic E-state index is 0.0413. The van der Waals surface area contributed by atoms with E-state index in [2.05, 4.69) is 37.3 Å². The van der Waals surface area contributed by atoms with E-state index < -0.39 is 0 Å². The van der Waals surface area contributed by atoms with Crippen molar-refractivity contribution in [2.24, 2.45) is 5.73 Å². The Morgan fingerprint density at radius 3 is 2.27 bits per heavy atom. The number of hydrogen-bond acceptors (Lipinski definition) is 1. The first-order valence-electron chi connectivity index (χ1n) is 6.06. The predicted molar refractivity (Wildman–Crippen MR) is 64.9 cm³/mol. The summed E-state index contributed by atoms with van der Waals surface area (Å²) >= 11 is 0. The van der Waals surface area contributed by atoms with Crippen molar-refractivity contribution in [1.29, 1.82) is 0 Å². The van der Waals surface area contributed by atoms with Crippen LogP contribution in [0.2, 0.25) is 0 Å². The van der Waals surface area contributed by atoms with Crippen LogP contribution in [0.3, 0.4) is 0 Å². The average molecular weight is 203 g/mol. The van der Waals surface area contributed by atoms with Gasteiger partial charge in [-0.3, -0.25) is 0 Å². The molecule has 1 aliphatic rings. The summed E-state index contributed by atoms with van der Waals surface area (Å²) in [5.41, 5.74) is 7.97. The molecule has 0 radical (unpaired) electrons. The molecule has 1 fully saturated rings.